The Morgan fingerprint density at radius 1 is 1.43 bits per heavy atom. The van der Waals surface area contributed by atoms with Crippen LogP contribution in [-0.4, -0.2) is 15.2 Å². The van der Waals surface area contributed by atoms with Gasteiger partial charge in [-0.3, -0.25) is 10.5 Å². The highest BCUT2D eigenvalue weighted by Gasteiger charge is 2.09. The van der Waals surface area contributed by atoms with Gasteiger partial charge in [-0.05, 0) is 25.5 Å². The molecule has 4 heteroatoms. The molecule has 2 rings (SSSR count). The molecule has 2 N–H and O–H groups in total. The fourth-order valence-corrected chi connectivity index (χ4v) is 1.83. The first-order chi connectivity index (χ1) is 6.59. The third kappa shape index (κ3) is 1.32. The Labute approximate surface area is 87.4 Å². The number of benzene rings is 1. The van der Waals surface area contributed by atoms with Crippen molar-refractivity contribution in [3.63, 3.8) is 0 Å². The van der Waals surface area contributed by atoms with Crippen molar-refractivity contribution in [2.75, 3.05) is 0 Å². The van der Waals surface area contributed by atoms with Gasteiger partial charge in [0.15, 0.2) is 0 Å². The van der Waals surface area contributed by atoms with E-state index < -0.39 is 0 Å². The molecule has 0 aliphatic heterocycles. The topological polar surface area (TPSA) is 52.5 Å². The molecule has 1 aromatic carbocycles. The van der Waals surface area contributed by atoms with E-state index in [1.54, 1.807) is 0 Å². The monoisotopic (exact) mass is 205 g/mol. The summed E-state index contributed by atoms with van der Waals surface area (Å²) in [6.45, 7) is 4.06. The van der Waals surface area contributed by atoms with E-state index in [-0.39, 0.29) is 5.04 Å². The summed E-state index contributed by atoms with van der Waals surface area (Å²) < 4.78 is 0. The zero-order valence-electron chi connectivity index (χ0n) is 8.05. The van der Waals surface area contributed by atoms with E-state index in [9.17, 15) is 0 Å². The minimum atomic E-state index is 0.196. The summed E-state index contributed by atoms with van der Waals surface area (Å²) in [5, 5.41) is 15.6. The number of nitrogens with zero attached hydrogens (tertiary/aromatic N) is 1. The molecule has 0 aliphatic carbocycles. The van der Waals surface area contributed by atoms with Crippen LogP contribution in [0.3, 0.4) is 0 Å². The fourth-order valence-electron chi connectivity index (χ4n) is 1.66. The Kier molecular flexibility index (Phi) is 2.07. The van der Waals surface area contributed by atoms with Crippen LogP contribution in [0.2, 0.25) is 0 Å². The lowest BCUT2D eigenvalue weighted by Gasteiger charge is -1.98. The lowest BCUT2D eigenvalue weighted by Crippen LogP contribution is -1.89. The Morgan fingerprint density at radius 2 is 2.14 bits per heavy atom. The molecule has 0 fully saturated rings. The standard InChI is InChI=1S/C10H11N3S/c1-5-3-6(2)8-7(4-5)9(10(11)14)13-12-8/h3-4H,1-2H3,(H2,11,14)(H,12,13). The summed E-state index contributed by atoms with van der Waals surface area (Å²) in [5.41, 5.74) is 3.93. The molecule has 1 heterocycles. The summed E-state index contributed by atoms with van der Waals surface area (Å²) in [4.78, 5) is 0. The van der Waals surface area contributed by atoms with Crippen LogP contribution in [0.1, 0.15) is 16.8 Å². The number of hydrogen-bond donors (Lipinski definition) is 3. The normalized spacial score (nSPS) is 10.8. The number of aromatic amines is 1. The number of hydrogen-bond acceptors (Lipinski definition) is 2. The largest absolute Gasteiger partial charge is 0.292 e. The summed E-state index contributed by atoms with van der Waals surface area (Å²) in [6, 6.07) is 4.11. The predicted octanol–water partition coefficient (Wildman–Crippen LogP) is 2.43. The number of fused-ring (bicyclic) bond motifs is 1. The number of aromatic nitrogens is 2. The van der Waals surface area contributed by atoms with Crippen molar-refractivity contribution >= 4 is 28.6 Å². The van der Waals surface area contributed by atoms with Crippen molar-refractivity contribution in [3.8, 4) is 0 Å². The molecule has 0 atom stereocenters. The molecule has 0 bridgehead atoms. The molecule has 3 nitrogen and oxygen atoms in total. The molecule has 1 aromatic heterocycles. The van der Waals surface area contributed by atoms with Gasteiger partial charge in [0.1, 0.15) is 10.7 Å². The van der Waals surface area contributed by atoms with Gasteiger partial charge < -0.3 is 0 Å². The number of aryl methyl sites for hydroxylation is 2. The van der Waals surface area contributed by atoms with Crippen LogP contribution in [0.25, 0.3) is 10.9 Å². The van der Waals surface area contributed by atoms with Crippen molar-refractivity contribution in [1.82, 2.24) is 10.2 Å². The van der Waals surface area contributed by atoms with E-state index in [1.165, 1.54) is 5.56 Å². The van der Waals surface area contributed by atoms with Gasteiger partial charge in [-0.25, -0.2) is 0 Å². The van der Waals surface area contributed by atoms with E-state index in [1.807, 2.05) is 19.9 Å². The highest BCUT2D eigenvalue weighted by molar-refractivity contribution is 7.97. The molecule has 0 saturated heterocycles. The van der Waals surface area contributed by atoms with Crippen LogP contribution >= 0.6 is 12.6 Å². The molecule has 0 spiro atoms. The van der Waals surface area contributed by atoms with Crippen LogP contribution in [0.15, 0.2) is 12.1 Å². The van der Waals surface area contributed by atoms with E-state index in [4.69, 9.17) is 5.41 Å². The van der Waals surface area contributed by atoms with Crippen molar-refractivity contribution in [2.45, 2.75) is 13.8 Å². The van der Waals surface area contributed by atoms with Gasteiger partial charge in [-0.2, -0.15) is 5.10 Å². The first-order valence-electron chi connectivity index (χ1n) is 4.33. The maximum atomic E-state index is 7.46. The second-order valence-electron chi connectivity index (χ2n) is 3.43. The van der Waals surface area contributed by atoms with E-state index >= 15 is 0 Å². The maximum Gasteiger partial charge on any atom is 0.124 e. The van der Waals surface area contributed by atoms with Crippen LogP contribution in [0, 0.1) is 19.3 Å². The second kappa shape index (κ2) is 3.13. The van der Waals surface area contributed by atoms with Crippen molar-refractivity contribution < 1.29 is 0 Å². The van der Waals surface area contributed by atoms with Crippen molar-refractivity contribution in [1.29, 1.82) is 5.41 Å². The summed E-state index contributed by atoms with van der Waals surface area (Å²) in [7, 11) is 0. The number of H-pyrrole nitrogens is 1. The smallest absolute Gasteiger partial charge is 0.124 e. The SMILES string of the molecule is Cc1cc(C)c2[nH]nc(C(=N)S)c2c1. The average molecular weight is 205 g/mol. The molecule has 0 aliphatic rings. The molecular weight excluding hydrogens is 194 g/mol. The summed E-state index contributed by atoms with van der Waals surface area (Å²) >= 11 is 4.00. The number of rotatable bonds is 1. The molecule has 0 saturated carbocycles. The second-order valence-corrected chi connectivity index (χ2v) is 3.87. The number of thiol groups is 1. The Morgan fingerprint density at radius 3 is 2.79 bits per heavy atom. The van der Waals surface area contributed by atoms with Crippen LogP contribution in [0.4, 0.5) is 0 Å². The highest BCUT2D eigenvalue weighted by Crippen LogP contribution is 2.22. The Bertz CT molecular complexity index is 513. The third-order valence-corrected chi connectivity index (χ3v) is 2.45. The van der Waals surface area contributed by atoms with Gasteiger partial charge in [-0.1, -0.05) is 11.6 Å². The quantitative estimate of drug-likeness (QED) is 0.374. The van der Waals surface area contributed by atoms with Gasteiger partial charge in [0.2, 0.25) is 0 Å². The zero-order chi connectivity index (χ0) is 10.3. The molecule has 72 valence electrons. The molecule has 0 radical (unpaired) electrons. The average Bonchev–Trinajstić information content (AvgIpc) is 2.47. The molecule has 0 amide bonds. The van der Waals surface area contributed by atoms with E-state index in [0.717, 1.165) is 16.5 Å². The molecular formula is C10H11N3S. The van der Waals surface area contributed by atoms with Crippen molar-refractivity contribution in [3.05, 3.63) is 29.0 Å². The van der Waals surface area contributed by atoms with Crippen molar-refractivity contribution in [2.24, 2.45) is 0 Å². The van der Waals surface area contributed by atoms with E-state index in [0.29, 0.717) is 5.69 Å². The van der Waals surface area contributed by atoms with Gasteiger partial charge >= 0.3 is 0 Å². The summed E-state index contributed by atoms with van der Waals surface area (Å²) in [6.07, 6.45) is 0. The third-order valence-electron chi connectivity index (χ3n) is 2.24. The Hall–Kier alpha value is -1.29. The molecule has 0 unspecified atom stereocenters. The lowest BCUT2D eigenvalue weighted by atomic mass is 10.1. The van der Waals surface area contributed by atoms with Gasteiger partial charge in [-0.15, -0.1) is 12.6 Å². The van der Waals surface area contributed by atoms with Gasteiger partial charge in [0.05, 0.1) is 5.52 Å². The van der Waals surface area contributed by atoms with Crippen LogP contribution in [0.5, 0.6) is 0 Å². The maximum absolute atomic E-state index is 7.46. The van der Waals surface area contributed by atoms with E-state index in [2.05, 4.69) is 28.9 Å². The zero-order valence-corrected chi connectivity index (χ0v) is 8.94. The molecule has 14 heavy (non-hydrogen) atoms. The Balaban J connectivity index is 2.85. The van der Waals surface area contributed by atoms with Crippen LogP contribution in [-0.2, 0) is 0 Å². The predicted molar refractivity (Wildman–Crippen MR) is 61.4 cm³/mol. The molecule has 2 aromatic rings. The van der Waals surface area contributed by atoms with Gasteiger partial charge in [0, 0.05) is 5.39 Å². The minimum absolute atomic E-state index is 0.196. The lowest BCUT2D eigenvalue weighted by molar-refractivity contribution is 1.10. The first-order valence-corrected chi connectivity index (χ1v) is 4.77. The van der Waals surface area contributed by atoms with Gasteiger partial charge in [0.25, 0.3) is 0 Å². The summed E-state index contributed by atoms with van der Waals surface area (Å²) in [5.74, 6) is 0. The van der Waals surface area contributed by atoms with Crippen LogP contribution < -0.4 is 0 Å². The first kappa shape index (κ1) is 9.27. The minimum Gasteiger partial charge on any atom is -0.292 e. The highest BCUT2D eigenvalue weighted by atomic mass is 32.1. The fraction of sp³-hybridized carbons (Fsp3) is 0.200. The number of nitrogens with one attached hydrogen (secondary N) is 2.